The van der Waals surface area contributed by atoms with Gasteiger partial charge in [-0.15, -0.1) is 0 Å². The molecular formula is C6H9N3O2S. The molecular weight excluding hydrogens is 178 g/mol. The molecule has 6 heteroatoms. The van der Waals surface area contributed by atoms with E-state index in [9.17, 15) is 4.79 Å². The highest BCUT2D eigenvalue weighted by molar-refractivity contribution is 7.71. The molecule has 0 spiro atoms. The Morgan fingerprint density at radius 3 is 2.92 bits per heavy atom. The molecule has 2 heterocycles. The van der Waals surface area contributed by atoms with Gasteiger partial charge in [0.25, 0.3) is 0 Å². The van der Waals surface area contributed by atoms with E-state index in [0.717, 1.165) is 6.42 Å². The zero-order valence-corrected chi connectivity index (χ0v) is 7.19. The number of hydrogen-bond donors (Lipinski definition) is 2. The molecule has 1 aliphatic rings. The molecule has 0 saturated carbocycles. The third-order valence-electron chi connectivity index (χ3n) is 1.98. The van der Waals surface area contributed by atoms with Crippen LogP contribution in [0, 0.1) is 4.77 Å². The summed E-state index contributed by atoms with van der Waals surface area (Å²) in [5.41, 5.74) is -0.185. The lowest BCUT2D eigenvalue weighted by Crippen LogP contribution is -2.22. The van der Waals surface area contributed by atoms with Gasteiger partial charge in [0.05, 0.1) is 12.6 Å². The molecule has 1 aromatic heterocycles. The number of aromatic nitrogens is 3. The molecule has 5 nitrogen and oxygen atoms in total. The highest BCUT2D eigenvalue weighted by atomic mass is 32.1. The molecule has 0 aromatic carbocycles. The molecule has 1 aliphatic heterocycles. The number of nitrogens with one attached hydrogen (secondary N) is 2. The minimum absolute atomic E-state index is 0.104. The quantitative estimate of drug-likeness (QED) is 0.617. The van der Waals surface area contributed by atoms with Crippen LogP contribution >= 0.6 is 12.2 Å². The summed E-state index contributed by atoms with van der Waals surface area (Å²) in [6.45, 7) is 1.28. The molecule has 1 aromatic rings. The first-order valence-electron chi connectivity index (χ1n) is 3.76. The van der Waals surface area contributed by atoms with E-state index in [2.05, 4.69) is 10.2 Å². The smallest absolute Gasteiger partial charge is 0.342 e. The van der Waals surface area contributed by atoms with Gasteiger partial charge >= 0.3 is 5.69 Å². The normalized spacial score (nSPS) is 23.2. The van der Waals surface area contributed by atoms with Crippen molar-refractivity contribution in [3.8, 4) is 0 Å². The van der Waals surface area contributed by atoms with E-state index < -0.39 is 0 Å². The molecule has 1 unspecified atom stereocenters. The third-order valence-corrected chi connectivity index (χ3v) is 2.28. The third kappa shape index (κ3) is 1.12. The molecule has 0 radical (unpaired) electrons. The van der Waals surface area contributed by atoms with E-state index >= 15 is 0 Å². The average Bonchev–Trinajstić information content (AvgIpc) is 2.61. The molecule has 66 valence electrons. The van der Waals surface area contributed by atoms with Crippen LogP contribution in [0.4, 0.5) is 0 Å². The van der Waals surface area contributed by atoms with Crippen LogP contribution in [0.5, 0.6) is 0 Å². The Morgan fingerprint density at radius 1 is 1.58 bits per heavy atom. The van der Waals surface area contributed by atoms with Crippen LogP contribution in [0.15, 0.2) is 4.79 Å². The summed E-state index contributed by atoms with van der Waals surface area (Å²) in [7, 11) is 0. The molecule has 0 bridgehead atoms. The van der Waals surface area contributed by atoms with E-state index in [1.165, 1.54) is 4.57 Å². The number of rotatable bonds is 1. The van der Waals surface area contributed by atoms with Gasteiger partial charge in [-0.3, -0.25) is 9.67 Å². The maximum absolute atomic E-state index is 11.2. The summed E-state index contributed by atoms with van der Waals surface area (Å²) in [6, 6.07) is 0.104. The van der Waals surface area contributed by atoms with Gasteiger partial charge < -0.3 is 4.74 Å². The Bertz CT molecular complexity index is 343. The molecule has 1 saturated heterocycles. The maximum atomic E-state index is 11.2. The lowest BCUT2D eigenvalue weighted by atomic mass is 10.3. The fourth-order valence-electron chi connectivity index (χ4n) is 1.38. The topological polar surface area (TPSA) is 62.8 Å². The van der Waals surface area contributed by atoms with Crippen LogP contribution in [-0.2, 0) is 4.74 Å². The highest BCUT2D eigenvalue weighted by Gasteiger charge is 2.19. The largest absolute Gasteiger partial charge is 0.379 e. The summed E-state index contributed by atoms with van der Waals surface area (Å²) in [6.07, 6.45) is 0.856. The van der Waals surface area contributed by atoms with Crippen LogP contribution in [0.2, 0.25) is 0 Å². The number of H-pyrrole nitrogens is 2. The summed E-state index contributed by atoms with van der Waals surface area (Å²) < 4.78 is 7.13. The molecule has 1 fully saturated rings. The Hall–Kier alpha value is -0.880. The van der Waals surface area contributed by atoms with Crippen molar-refractivity contribution in [1.29, 1.82) is 0 Å². The first-order chi connectivity index (χ1) is 5.79. The van der Waals surface area contributed by atoms with E-state index in [1.807, 2.05) is 0 Å². The van der Waals surface area contributed by atoms with E-state index in [1.54, 1.807) is 0 Å². The summed E-state index contributed by atoms with van der Waals surface area (Å²) in [4.78, 5) is 11.2. The summed E-state index contributed by atoms with van der Waals surface area (Å²) in [5, 5.41) is 5.04. The minimum Gasteiger partial charge on any atom is -0.379 e. The summed E-state index contributed by atoms with van der Waals surface area (Å²) >= 11 is 4.93. The molecule has 2 rings (SSSR count). The van der Waals surface area contributed by atoms with Crippen molar-refractivity contribution in [1.82, 2.24) is 14.8 Å². The van der Waals surface area contributed by atoms with Gasteiger partial charge in [-0.1, -0.05) is 0 Å². The minimum atomic E-state index is -0.185. The van der Waals surface area contributed by atoms with Crippen molar-refractivity contribution in [2.45, 2.75) is 12.5 Å². The van der Waals surface area contributed by atoms with Crippen LogP contribution in [0.25, 0.3) is 0 Å². The molecule has 0 aliphatic carbocycles. The average molecular weight is 187 g/mol. The van der Waals surface area contributed by atoms with Gasteiger partial charge in [0, 0.05) is 6.61 Å². The lowest BCUT2D eigenvalue weighted by molar-refractivity contribution is 0.186. The zero-order valence-electron chi connectivity index (χ0n) is 6.37. The van der Waals surface area contributed by atoms with Crippen LogP contribution < -0.4 is 5.69 Å². The lowest BCUT2D eigenvalue weighted by Gasteiger charge is -2.05. The van der Waals surface area contributed by atoms with Gasteiger partial charge in [-0.2, -0.15) is 0 Å². The molecule has 0 amide bonds. The van der Waals surface area contributed by atoms with Gasteiger partial charge in [0.2, 0.25) is 0 Å². The van der Waals surface area contributed by atoms with Crippen LogP contribution in [0.3, 0.4) is 0 Å². The van der Waals surface area contributed by atoms with E-state index in [0.29, 0.717) is 18.0 Å². The number of ether oxygens (including phenoxy) is 1. The first kappa shape index (κ1) is 7.75. The van der Waals surface area contributed by atoms with Crippen molar-refractivity contribution in [2.24, 2.45) is 0 Å². The van der Waals surface area contributed by atoms with E-state index in [4.69, 9.17) is 17.0 Å². The molecule has 2 N–H and O–H groups in total. The second-order valence-corrected chi connectivity index (χ2v) is 3.13. The van der Waals surface area contributed by atoms with Crippen molar-refractivity contribution < 1.29 is 4.74 Å². The van der Waals surface area contributed by atoms with Crippen molar-refractivity contribution in [2.75, 3.05) is 13.2 Å². The standard InChI is InChI=1S/C6H9N3O2S/c10-5-7-8-6(12)9(5)4-1-2-11-3-4/h4H,1-3H2,(H,7,10)(H,8,12). The van der Waals surface area contributed by atoms with Crippen LogP contribution in [-0.4, -0.2) is 28.0 Å². The van der Waals surface area contributed by atoms with Crippen molar-refractivity contribution in [3.63, 3.8) is 0 Å². The van der Waals surface area contributed by atoms with Gasteiger partial charge in [0.15, 0.2) is 4.77 Å². The monoisotopic (exact) mass is 187 g/mol. The predicted molar refractivity (Wildman–Crippen MR) is 44.7 cm³/mol. The first-order valence-corrected chi connectivity index (χ1v) is 4.17. The van der Waals surface area contributed by atoms with Gasteiger partial charge in [-0.25, -0.2) is 9.89 Å². The van der Waals surface area contributed by atoms with Gasteiger partial charge in [0.1, 0.15) is 0 Å². The second-order valence-electron chi connectivity index (χ2n) is 2.75. The van der Waals surface area contributed by atoms with Crippen LogP contribution in [0.1, 0.15) is 12.5 Å². The van der Waals surface area contributed by atoms with Crippen molar-refractivity contribution >= 4 is 12.2 Å². The fourth-order valence-corrected chi connectivity index (χ4v) is 1.66. The van der Waals surface area contributed by atoms with Crippen molar-refractivity contribution in [3.05, 3.63) is 15.3 Å². The Kier molecular flexibility index (Phi) is 1.86. The Morgan fingerprint density at radius 2 is 2.42 bits per heavy atom. The molecule has 12 heavy (non-hydrogen) atoms. The summed E-state index contributed by atoms with van der Waals surface area (Å²) in [5.74, 6) is 0. The fraction of sp³-hybridized carbons (Fsp3) is 0.667. The Balaban J connectivity index is 2.44. The predicted octanol–water partition coefficient (Wildman–Crippen LogP) is 0.195. The maximum Gasteiger partial charge on any atom is 0.342 e. The number of aromatic amines is 2. The zero-order chi connectivity index (χ0) is 8.55. The van der Waals surface area contributed by atoms with Gasteiger partial charge in [-0.05, 0) is 18.6 Å². The SMILES string of the molecule is O=c1[nH][nH]c(=S)n1C1CCOC1. The Labute approximate surface area is 73.3 Å². The van der Waals surface area contributed by atoms with E-state index in [-0.39, 0.29) is 11.7 Å². The number of nitrogens with zero attached hydrogens (tertiary/aromatic N) is 1. The second kappa shape index (κ2) is 2.87. The number of hydrogen-bond acceptors (Lipinski definition) is 3. The highest BCUT2D eigenvalue weighted by Crippen LogP contribution is 2.16. The molecule has 1 atom stereocenters.